The molecule has 0 aromatic heterocycles. The van der Waals surface area contributed by atoms with Gasteiger partial charge in [0.25, 0.3) is 0 Å². The van der Waals surface area contributed by atoms with Gasteiger partial charge in [-0.2, -0.15) is 0 Å². The van der Waals surface area contributed by atoms with E-state index in [-0.39, 0.29) is 6.04 Å². The van der Waals surface area contributed by atoms with Crippen LogP contribution in [0.3, 0.4) is 0 Å². The molecule has 2 N–H and O–H groups in total. The van der Waals surface area contributed by atoms with Gasteiger partial charge in [-0.1, -0.05) is 50.6 Å². The standard InChI is InChI=1S/C18H30N2/c1-5-16(19)17(15-8-6-14(2)7-9-15)20-12-10-18(3,4)11-13-20/h6-9,16-17H,5,10-13,19H2,1-4H3. The molecule has 2 nitrogen and oxygen atoms in total. The molecule has 1 aromatic rings. The highest BCUT2D eigenvalue weighted by atomic mass is 15.2. The Hall–Kier alpha value is -0.860. The lowest BCUT2D eigenvalue weighted by Crippen LogP contribution is -2.46. The molecule has 0 radical (unpaired) electrons. The first kappa shape index (κ1) is 15.5. The van der Waals surface area contributed by atoms with Crippen LogP contribution in [0.25, 0.3) is 0 Å². The molecule has 1 aromatic carbocycles. The van der Waals surface area contributed by atoms with Crippen LogP contribution >= 0.6 is 0 Å². The number of aryl methyl sites for hydroxylation is 1. The molecule has 112 valence electrons. The largest absolute Gasteiger partial charge is 0.326 e. The van der Waals surface area contributed by atoms with Crippen LogP contribution in [0, 0.1) is 12.3 Å². The average Bonchev–Trinajstić information content (AvgIpc) is 2.42. The molecular weight excluding hydrogens is 244 g/mol. The first-order valence-corrected chi connectivity index (χ1v) is 7.99. The molecule has 2 rings (SSSR count). The summed E-state index contributed by atoms with van der Waals surface area (Å²) in [5.74, 6) is 0. The third-order valence-corrected chi connectivity index (χ3v) is 4.84. The molecule has 2 heteroatoms. The molecule has 1 saturated heterocycles. The Bertz CT molecular complexity index is 412. The van der Waals surface area contributed by atoms with Crippen molar-refractivity contribution in [3.63, 3.8) is 0 Å². The fourth-order valence-electron chi connectivity index (χ4n) is 3.12. The molecule has 1 fully saturated rings. The summed E-state index contributed by atoms with van der Waals surface area (Å²) in [5.41, 5.74) is 9.63. The summed E-state index contributed by atoms with van der Waals surface area (Å²) in [6, 6.07) is 9.53. The lowest BCUT2D eigenvalue weighted by molar-refractivity contribution is 0.0809. The number of rotatable bonds is 4. The zero-order chi connectivity index (χ0) is 14.8. The molecule has 0 amide bonds. The Kier molecular flexibility index (Phi) is 4.87. The fourth-order valence-corrected chi connectivity index (χ4v) is 3.12. The van der Waals surface area contributed by atoms with Crippen molar-refractivity contribution in [1.82, 2.24) is 4.90 Å². The molecule has 1 aliphatic rings. The van der Waals surface area contributed by atoms with Crippen molar-refractivity contribution in [2.24, 2.45) is 11.1 Å². The predicted molar refractivity (Wildman–Crippen MR) is 86.8 cm³/mol. The van der Waals surface area contributed by atoms with Gasteiger partial charge < -0.3 is 5.73 Å². The predicted octanol–water partition coefficient (Wildman–Crippen LogP) is 3.90. The van der Waals surface area contributed by atoms with Crippen LogP contribution in [-0.4, -0.2) is 24.0 Å². The van der Waals surface area contributed by atoms with E-state index in [0.29, 0.717) is 11.5 Å². The minimum Gasteiger partial charge on any atom is -0.326 e. The van der Waals surface area contributed by atoms with Gasteiger partial charge in [0.05, 0.1) is 0 Å². The topological polar surface area (TPSA) is 29.3 Å². The van der Waals surface area contributed by atoms with Crippen LogP contribution in [-0.2, 0) is 0 Å². The molecule has 0 bridgehead atoms. The smallest absolute Gasteiger partial charge is 0.0499 e. The van der Waals surface area contributed by atoms with Crippen LogP contribution in [0.4, 0.5) is 0 Å². The number of nitrogens with zero attached hydrogens (tertiary/aromatic N) is 1. The molecule has 2 unspecified atom stereocenters. The molecule has 0 saturated carbocycles. The molecule has 20 heavy (non-hydrogen) atoms. The van der Waals surface area contributed by atoms with E-state index in [4.69, 9.17) is 5.73 Å². The van der Waals surface area contributed by atoms with Gasteiger partial charge in [-0.05, 0) is 50.3 Å². The van der Waals surface area contributed by atoms with Gasteiger partial charge in [-0.15, -0.1) is 0 Å². The highest BCUT2D eigenvalue weighted by Crippen LogP contribution is 2.35. The molecule has 1 aliphatic heterocycles. The monoisotopic (exact) mass is 274 g/mol. The molecule has 0 aliphatic carbocycles. The van der Waals surface area contributed by atoms with E-state index in [9.17, 15) is 0 Å². The Morgan fingerprint density at radius 1 is 1.15 bits per heavy atom. The van der Waals surface area contributed by atoms with Crippen LogP contribution in [0.5, 0.6) is 0 Å². The summed E-state index contributed by atoms with van der Waals surface area (Å²) in [6.07, 6.45) is 3.57. The fraction of sp³-hybridized carbons (Fsp3) is 0.667. The molecule has 1 heterocycles. The van der Waals surface area contributed by atoms with Crippen molar-refractivity contribution < 1.29 is 0 Å². The second kappa shape index (κ2) is 6.28. The molecular formula is C18H30N2. The normalized spacial score (nSPS) is 22.4. The van der Waals surface area contributed by atoms with E-state index in [2.05, 4.69) is 56.9 Å². The minimum absolute atomic E-state index is 0.221. The van der Waals surface area contributed by atoms with Crippen LogP contribution in [0.2, 0.25) is 0 Å². The van der Waals surface area contributed by atoms with Crippen LogP contribution in [0.1, 0.15) is 57.2 Å². The van der Waals surface area contributed by atoms with E-state index < -0.39 is 0 Å². The maximum atomic E-state index is 6.44. The molecule has 2 atom stereocenters. The van der Waals surface area contributed by atoms with Gasteiger partial charge in [-0.3, -0.25) is 4.90 Å². The maximum Gasteiger partial charge on any atom is 0.0499 e. The Morgan fingerprint density at radius 3 is 2.20 bits per heavy atom. The second-order valence-electron chi connectivity index (χ2n) is 7.13. The van der Waals surface area contributed by atoms with Crippen molar-refractivity contribution in [2.45, 2.75) is 59.0 Å². The summed E-state index contributed by atoms with van der Waals surface area (Å²) in [7, 11) is 0. The Labute approximate surface area is 124 Å². The lowest BCUT2D eigenvalue weighted by atomic mass is 9.81. The number of piperidine rings is 1. The quantitative estimate of drug-likeness (QED) is 0.902. The lowest BCUT2D eigenvalue weighted by Gasteiger charge is -2.43. The summed E-state index contributed by atoms with van der Waals surface area (Å²) in [6.45, 7) is 11.4. The Morgan fingerprint density at radius 2 is 1.70 bits per heavy atom. The van der Waals surface area contributed by atoms with E-state index >= 15 is 0 Å². The summed E-state index contributed by atoms with van der Waals surface area (Å²) < 4.78 is 0. The van der Waals surface area contributed by atoms with Gasteiger partial charge in [0.1, 0.15) is 0 Å². The van der Waals surface area contributed by atoms with Crippen molar-refractivity contribution in [1.29, 1.82) is 0 Å². The van der Waals surface area contributed by atoms with Gasteiger partial charge in [0.15, 0.2) is 0 Å². The zero-order valence-corrected chi connectivity index (χ0v) is 13.5. The van der Waals surface area contributed by atoms with Gasteiger partial charge in [0.2, 0.25) is 0 Å². The molecule has 0 spiro atoms. The minimum atomic E-state index is 0.221. The first-order valence-electron chi connectivity index (χ1n) is 7.99. The average molecular weight is 274 g/mol. The van der Waals surface area contributed by atoms with Gasteiger partial charge in [-0.25, -0.2) is 0 Å². The van der Waals surface area contributed by atoms with E-state index in [1.807, 2.05) is 0 Å². The van der Waals surface area contributed by atoms with E-state index in [1.54, 1.807) is 0 Å². The number of nitrogens with two attached hydrogens (primary N) is 1. The SMILES string of the molecule is CCC(N)C(c1ccc(C)cc1)N1CCC(C)(C)CC1. The van der Waals surface area contributed by atoms with E-state index in [1.165, 1.54) is 37.1 Å². The summed E-state index contributed by atoms with van der Waals surface area (Å²) in [5, 5.41) is 0. The second-order valence-corrected chi connectivity index (χ2v) is 7.13. The number of hydrogen-bond acceptors (Lipinski definition) is 2. The number of hydrogen-bond donors (Lipinski definition) is 1. The van der Waals surface area contributed by atoms with Gasteiger partial charge in [0, 0.05) is 12.1 Å². The third kappa shape index (κ3) is 3.62. The highest BCUT2D eigenvalue weighted by Gasteiger charge is 2.32. The van der Waals surface area contributed by atoms with Crippen LogP contribution in [0.15, 0.2) is 24.3 Å². The maximum absolute atomic E-state index is 6.44. The van der Waals surface area contributed by atoms with Gasteiger partial charge >= 0.3 is 0 Å². The first-order chi connectivity index (χ1) is 9.43. The Balaban J connectivity index is 2.18. The number of benzene rings is 1. The summed E-state index contributed by atoms with van der Waals surface area (Å²) in [4.78, 5) is 2.60. The highest BCUT2D eigenvalue weighted by molar-refractivity contribution is 5.25. The van der Waals surface area contributed by atoms with Crippen molar-refractivity contribution in [2.75, 3.05) is 13.1 Å². The van der Waals surface area contributed by atoms with Crippen molar-refractivity contribution in [3.8, 4) is 0 Å². The van der Waals surface area contributed by atoms with Crippen molar-refractivity contribution in [3.05, 3.63) is 35.4 Å². The van der Waals surface area contributed by atoms with E-state index in [0.717, 1.165) is 6.42 Å². The van der Waals surface area contributed by atoms with Crippen molar-refractivity contribution >= 4 is 0 Å². The number of likely N-dealkylation sites (tertiary alicyclic amines) is 1. The zero-order valence-electron chi connectivity index (χ0n) is 13.5. The summed E-state index contributed by atoms with van der Waals surface area (Å²) >= 11 is 0. The third-order valence-electron chi connectivity index (χ3n) is 4.84. The van der Waals surface area contributed by atoms with Crippen LogP contribution < -0.4 is 5.73 Å².